The first-order chi connectivity index (χ1) is 12.6. The largest absolute Gasteiger partial charge is 0.382 e. The first-order valence-corrected chi connectivity index (χ1v) is 10.9. The predicted molar refractivity (Wildman–Crippen MR) is 103 cm³/mol. The molecule has 0 radical (unpaired) electrons. The minimum Gasteiger partial charge on any atom is -0.382 e. The Hall–Kier alpha value is -1.35. The number of nitrogens with zero attached hydrogens (tertiary/aromatic N) is 2. The quantitative estimate of drug-likeness (QED) is 0.616. The zero-order valence-electron chi connectivity index (χ0n) is 15.4. The molecule has 2 fully saturated rings. The maximum Gasteiger partial charge on any atom is 0.234 e. The van der Waals surface area contributed by atoms with Gasteiger partial charge in [-0.05, 0) is 37.1 Å². The first kappa shape index (κ1) is 19.4. The average molecular weight is 384 g/mol. The van der Waals surface area contributed by atoms with Crippen LogP contribution in [0.25, 0.3) is 0 Å². The van der Waals surface area contributed by atoms with E-state index >= 15 is 0 Å². The van der Waals surface area contributed by atoms with Crippen LogP contribution in [0.1, 0.15) is 12.8 Å². The van der Waals surface area contributed by atoms with Crippen molar-refractivity contribution in [1.29, 1.82) is 0 Å². The highest BCUT2D eigenvalue weighted by atomic mass is 32.2. The van der Waals surface area contributed by atoms with Crippen LogP contribution < -0.4 is 9.62 Å². The van der Waals surface area contributed by atoms with Gasteiger partial charge in [-0.2, -0.15) is 0 Å². The third-order valence-electron chi connectivity index (χ3n) is 4.81. The van der Waals surface area contributed by atoms with E-state index in [9.17, 15) is 8.42 Å². The molecule has 1 saturated heterocycles. The second kappa shape index (κ2) is 9.03. The zero-order chi connectivity index (χ0) is 18.4. The van der Waals surface area contributed by atoms with Crippen LogP contribution in [0.3, 0.4) is 0 Å². The van der Waals surface area contributed by atoms with Gasteiger partial charge in [-0.1, -0.05) is 0 Å². The highest BCUT2D eigenvalue weighted by Crippen LogP contribution is 2.28. The van der Waals surface area contributed by atoms with Crippen molar-refractivity contribution in [2.75, 3.05) is 68.5 Å². The van der Waals surface area contributed by atoms with Crippen molar-refractivity contribution in [3.05, 3.63) is 24.3 Å². The molecule has 1 N–H and O–H groups in total. The lowest BCUT2D eigenvalue weighted by Gasteiger charge is -2.36. The Morgan fingerprint density at radius 1 is 1.04 bits per heavy atom. The Balaban J connectivity index is 1.45. The Morgan fingerprint density at radius 2 is 1.73 bits per heavy atom. The molecule has 146 valence electrons. The van der Waals surface area contributed by atoms with Gasteiger partial charge in [-0.15, -0.1) is 0 Å². The number of benzene rings is 1. The number of ether oxygens (including phenoxy) is 2. The summed E-state index contributed by atoms with van der Waals surface area (Å²) in [6.45, 7) is 5.30. The molecule has 1 aliphatic heterocycles. The Bertz CT molecular complexity index is 654. The van der Waals surface area contributed by atoms with Crippen LogP contribution in [0.5, 0.6) is 0 Å². The number of sulfonamides is 1. The molecule has 0 aromatic heterocycles. The molecule has 1 aromatic carbocycles. The van der Waals surface area contributed by atoms with E-state index in [4.69, 9.17) is 9.47 Å². The van der Waals surface area contributed by atoms with E-state index in [2.05, 4.69) is 14.5 Å². The van der Waals surface area contributed by atoms with Gasteiger partial charge in [-0.25, -0.2) is 8.42 Å². The van der Waals surface area contributed by atoms with Crippen molar-refractivity contribution in [3.8, 4) is 0 Å². The minimum atomic E-state index is -3.41. The molecule has 8 heteroatoms. The summed E-state index contributed by atoms with van der Waals surface area (Å²) in [5.74, 6) is -0.0679. The maximum atomic E-state index is 12.1. The standard InChI is InChI=1S/C18H29N3O4S/c1-24-12-13-25-14-15-26(22,23)19-16-2-4-17(5-3-16)20-8-10-21(11-9-20)18-6-7-18/h2-5,18-19H,6-15H2,1H3. The molecule has 0 unspecified atom stereocenters. The number of rotatable bonds is 10. The molecular formula is C18H29N3O4S. The van der Waals surface area contributed by atoms with E-state index in [1.54, 1.807) is 7.11 Å². The lowest BCUT2D eigenvalue weighted by atomic mass is 10.2. The van der Waals surface area contributed by atoms with Gasteiger partial charge in [0, 0.05) is 50.7 Å². The third kappa shape index (κ3) is 5.84. The average Bonchev–Trinajstić information content (AvgIpc) is 3.47. The van der Waals surface area contributed by atoms with Gasteiger partial charge in [0.25, 0.3) is 0 Å². The molecule has 1 heterocycles. The summed E-state index contributed by atoms with van der Waals surface area (Å²) in [6.07, 6.45) is 2.71. The highest BCUT2D eigenvalue weighted by molar-refractivity contribution is 7.92. The summed E-state index contributed by atoms with van der Waals surface area (Å²) < 4.78 is 36.9. The van der Waals surface area contributed by atoms with Crippen LogP contribution in [0, 0.1) is 0 Å². The fourth-order valence-electron chi connectivity index (χ4n) is 3.17. The van der Waals surface area contributed by atoms with E-state index in [1.807, 2.05) is 24.3 Å². The van der Waals surface area contributed by atoms with Gasteiger partial charge in [0.1, 0.15) is 0 Å². The topological polar surface area (TPSA) is 71.1 Å². The molecule has 7 nitrogen and oxygen atoms in total. The number of piperazine rings is 1. The minimum absolute atomic E-state index is 0.0679. The first-order valence-electron chi connectivity index (χ1n) is 9.23. The van der Waals surface area contributed by atoms with Gasteiger partial charge in [-0.3, -0.25) is 9.62 Å². The molecular weight excluding hydrogens is 354 g/mol. The van der Waals surface area contributed by atoms with Gasteiger partial charge in [0.05, 0.1) is 25.6 Å². The van der Waals surface area contributed by atoms with Crippen LogP contribution in [0.15, 0.2) is 24.3 Å². The van der Waals surface area contributed by atoms with Gasteiger partial charge in [0.2, 0.25) is 10.0 Å². The summed E-state index contributed by atoms with van der Waals surface area (Å²) in [5.41, 5.74) is 1.73. The fraction of sp³-hybridized carbons (Fsp3) is 0.667. The maximum absolute atomic E-state index is 12.1. The van der Waals surface area contributed by atoms with Gasteiger partial charge >= 0.3 is 0 Å². The molecule has 26 heavy (non-hydrogen) atoms. The van der Waals surface area contributed by atoms with E-state index in [-0.39, 0.29) is 12.4 Å². The molecule has 0 atom stereocenters. The zero-order valence-corrected chi connectivity index (χ0v) is 16.2. The Kier molecular flexibility index (Phi) is 6.74. The van der Waals surface area contributed by atoms with E-state index in [0.29, 0.717) is 18.9 Å². The molecule has 3 rings (SSSR count). The predicted octanol–water partition coefficient (Wildman–Crippen LogP) is 1.38. The summed E-state index contributed by atoms with van der Waals surface area (Å²) in [6, 6.07) is 8.45. The van der Waals surface area contributed by atoms with Crippen molar-refractivity contribution >= 4 is 21.4 Å². The van der Waals surface area contributed by atoms with Gasteiger partial charge in [0.15, 0.2) is 0 Å². The van der Waals surface area contributed by atoms with Crippen molar-refractivity contribution in [3.63, 3.8) is 0 Å². The normalized spacial score (nSPS) is 18.9. The third-order valence-corrected chi connectivity index (χ3v) is 6.06. The lowest BCUT2D eigenvalue weighted by Crippen LogP contribution is -2.47. The summed E-state index contributed by atoms with van der Waals surface area (Å²) in [5, 5.41) is 0. The van der Waals surface area contributed by atoms with Crippen molar-refractivity contribution in [2.45, 2.75) is 18.9 Å². The SMILES string of the molecule is COCCOCCS(=O)(=O)Nc1ccc(N2CCN(C3CC3)CC2)cc1. The number of methoxy groups -OCH3 is 1. The van der Waals surface area contributed by atoms with Crippen LogP contribution in [-0.4, -0.2) is 78.2 Å². The summed E-state index contributed by atoms with van der Waals surface area (Å²) >= 11 is 0. The molecule has 0 spiro atoms. The van der Waals surface area contributed by atoms with E-state index in [0.717, 1.165) is 37.9 Å². The number of hydrogen-bond donors (Lipinski definition) is 1. The molecule has 1 aliphatic carbocycles. The molecule has 2 aliphatic rings. The van der Waals surface area contributed by atoms with E-state index in [1.165, 1.54) is 12.8 Å². The van der Waals surface area contributed by atoms with Crippen LogP contribution in [0.4, 0.5) is 11.4 Å². The number of nitrogens with one attached hydrogen (secondary N) is 1. The van der Waals surface area contributed by atoms with Crippen molar-refractivity contribution in [1.82, 2.24) is 4.90 Å². The second-order valence-corrected chi connectivity index (χ2v) is 8.67. The van der Waals surface area contributed by atoms with Crippen LogP contribution >= 0.6 is 0 Å². The Labute approximate surface area is 156 Å². The molecule has 0 amide bonds. The summed E-state index contributed by atoms with van der Waals surface area (Å²) in [7, 11) is -1.82. The number of anilines is 2. The van der Waals surface area contributed by atoms with Crippen molar-refractivity contribution in [2.24, 2.45) is 0 Å². The molecule has 1 aromatic rings. The number of hydrogen-bond acceptors (Lipinski definition) is 6. The summed E-state index contributed by atoms with van der Waals surface area (Å²) in [4.78, 5) is 4.94. The Morgan fingerprint density at radius 3 is 2.35 bits per heavy atom. The molecule has 0 bridgehead atoms. The lowest BCUT2D eigenvalue weighted by molar-refractivity contribution is 0.0785. The van der Waals surface area contributed by atoms with Gasteiger partial charge < -0.3 is 14.4 Å². The molecule has 1 saturated carbocycles. The van der Waals surface area contributed by atoms with E-state index < -0.39 is 10.0 Å². The highest BCUT2D eigenvalue weighted by Gasteiger charge is 2.31. The van der Waals surface area contributed by atoms with Crippen molar-refractivity contribution < 1.29 is 17.9 Å². The smallest absolute Gasteiger partial charge is 0.234 e. The van der Waals surface area contributed by atoms with Crippen LogP contribution in [0.2, 0.25) is 0 Å². The fourth-order valence-corrected chi connectivity index (χ4v) is 4.10. The second-order valence-electron chi connectivity index (χ2n) is 6.83. The van der Waals surface area contributed by atoms with Crippen LogP contribution in [-0.2, 0) is 19.5 Å². The monoisotopic (exact) mass is 383 g/mol.